The van der Waals surface area contributed by atoms with E-state index in [1.54, 1.807) is 0 Å². The maximum atomic E-state index is 12.2. The van der Waals surface area contributed by atoms with Crippen LogP contribution < -0.4 is 5.32 Å². The lowest BCUT2D eigenvalue weighted by Gasteiger charge is -2.32. The van der Waals surface area contributed by atoms with E-state index in [4.69, 9.17) is 9.47 Å². The fourth-order valence-electron chi connectivity index (χ4n) is 2.22. The second kappa shape index (κ2) is 7.10. The van der Waals surface area contributed by atoms with E-state index in [0.717, 1.165) is 19.4 Å². The second-order valence-corrected chi connectivity index (χ2v) is 5.41. The molecule has 1 fully saturated rings. The SMILES string of the molecule is CCNC(COCC(C)C)(C(=O)OCC)C1CC1. The lowest BCUT2D eigenvalue weighted by Crippen LogP contribution is -2.58. The number of hydrogen-bond donors (Lipinski definition) is 1. The van der Waals surface area contributed by atoms with E-state index >= 15 is 0 Å². The minimum absolute atomic E-state index is 0.155. The maximum Gasteiger partial charge on any atom is 0.329 e. The van der Waals surface area contributed by atoms with E-state index in [1.165, 1.54) is 0 Å². The molecule has 1 aliphatic rings. The van der Waals surface area contributed by atoms with Gasteiger partial charge in [0, 0.05) is 6.61 Å². The number of hydrogen-bond acceptors (Lipinski definition) is 4. The zero-order valence-electron chi connectivity index (χ0n) is 12.1. The van der Waals surface area contributed by atoms with Crippen LogP contribution in [0.2, 0.25) is 0 Å². The summed E-state index contributed by atoms with van der Waals surface area (Å²) in [6.07, 6.45) is 2.16. The van der Waals surface area contributed by atoms with Crippen molar-refractivity contribution in [3.63, 3.8) is 0 Å². The molecule has 0 radical (unpaired) electrons. The summed E-state index contributed by atoms with van der Waals surface area (Å²) in [4.78, 5) is 12.2. The van der Waals surface area contributed by atoms with Crippen molar-refractivity contribution in [2.45, 2.75) is 46.1 Å². The Hall–Kier alpha value is -0.610. The van der Waals surface area contributed by atoms with Crippen LogP contribution in [-0.2, 0) is 14.3 Å². The number of rotatable bonds is 9. The van der Waals surface area contributed by atoms with Gasteiger partial charge in [0.1, 0.15) is 5.54 Å². The molecule has 0 heterocycles. The Bertz CT molecular complexity index is 264. The van der Waals surface area contributed by atoms with Crippen molar-refractivity contribution in [1.82, 2.24) is 5.32 Å². The molecule has 0 aromatic rings. The number of esters is 1. The third kappa shape index (κ3) is 3.95. The fourth-order valence-corrected chi connectivity index (χ4v) is 2.22. The smallest absolute Gasteiger partial charge is 0.329 e. The Morgan fingerprint density at radius 3 is 2.50 bits per heavy atom. The highest BCUT2D eigenvalue weighted by atomic mass is 16.5. The highest BCUT2D eigenvalue weighted by Crippen LogP contribution is 2.40. The molecule has 18 heavy (non-hydrogen) atoms. The molecule has 0 spiro atoms. The molecule has 0 aromatic carbocycles. The molecule has 1 atom stereocenters. The third-order valence-corrected chi connectivity index (χ3v) is 3.19. The van der Waals surface area contributed by atoms with E-state index in [1.807, 2.05) is 13.8 Å². The normalized spacial score (nSPS) is 18.7. The van der Waals surface area contributed by atoms with Crippen LogP contribution in [0.5, 0.6) is 0 Å². The van der Waals surface area contributed by atoms with Crippen LogP contribution in [0.4, 0.5) is 0 Å². The van der Waals surface area contributed by atoms with Gasteiger partial charge >= 0.3 is 5.97 Å². The first-order valence-corrected chi connectivity index (χ1v) is 7.06. The zero-order valence-corrected chi connectivity index (χ0v) is 12.1. The predicted molar refractivity (Wildman–Crippen MR) is 71.4 cm³/mol. The van der Waals surface area contributed by atoms with Crippen molar-refractivity contribution in [2.24, 2.45) is 11.8 Å². The molecule has 0 aliphatic heterocycles. The standard InChI is InChI=1S/C14H27NO3/c1-5-15-14(12-7-8-12,13(16)18-6-2)10-17-9-11(3)4/h11-12,15H,5-10H2,1-4H3. The van der Waals surface area contributed by atoms with Crippen LogP contribution in [0, 0.1) is 11.8 Å². The molecule has 0 bridgehead atoms. The van der Waals surface area contributed by atoms with Crippen LogP contribution in [0.3, 0.4) is 0 Å². The van der Waals surface area contributed by atoms with E-state index < -0.39 is 5.54 Å². The lowest BCUT2D eigenvalue weighted by atomic mass is 9.94. The van der Waals surface area contributed by atoms with E-state index in [-0.39, 0.29) is 5.97 Å². The molecule has 1 aliphatic carbocycles. The Balaban J connectivity index is 2.67. The summed E-state index contributed by atoms with van der Waals surface area (Å²) in [5, 5.41) is 3.32. The number of carbonyl (C=O) groups is 1. The molecular weight excluding hydrogens is 230 g/mol. The van der Waals surface area contributed by atoms with Crippen LogP contribution in [0.25, 0.3) is 0 Å². The van der Waals surface area contributed by atoms with Gasteiger partial charge in [-0.2, -0.15) is 0 Å². The zero-order chi connectivity index (χ0) is 13.6. The first-order chi connectivity index (χ1) is 8.56. The van der Waals surface area contributed by atoms with E-state index in [0.29, 0.717) is 31.7 Å². The minimum Gasteiger partial charge on any atom is -0.465 e. The molecule has 0 aromatic heterocycles. The molecule has 1 unspecified atom stereocenters. The Morgan fingerprint density at radius 1 is 1.39 bits per heavy atom. The molecule has 0 amide bonds. The van der Waals surface area contributed by atoms with Crippen molar-refractivity contribution in [3.05, 3.63) is 0 Å². The van der Waals surface area contributed by atoms with Crippen LogP contribution in [-0.4, -0.2) is 37.9 Å². The summed E-state index contributed by atoms with van der Waals surface area (Å²) in [7, 11) is 0. The highest BCUT2D eigenvalue weighted by molar-refractivity contribution is 5.82. The predicted octanol–water partition coefficient (Wildman–Crippen LogP) is 1.98. The van der Waals surface area contributed by atoms with Crippen molar-refractivity contribution in [2.75, 3.05) is 26.4 Å². The van der Waals surface area contributed by atoms with Crippen LogP contribution in [0.1, 0.15) is 40.5 Å². The molecule has 0 saturated heterocycles. The van der Waals surface area contributed by atoms with Gasteiger partial charge in [0.15, 0.2) is 0 Å². The lowest BCUT2D eigenvalue weighted by molar-refractivity contribution is -0.155. The van der Waals surface area contributed by atoms with E-state index in [2.05, 4.69) is 19.2 Å². The van der Waals surface area contributed by atoms with Gasteiger partial charge < -0.3 is 9.47 Å². The number of nitrogens with one attached hydrogen (secondary N) is 1. The van der Waals surface area contributed by atoms with Gasteiger partial charge in [-0.25, -0.2) is 4.79 Å². The number of carbonyl (C=O) groups excluding carboxylic acids is 1. The van der Waals surface area contributed by atoms with Crippen molar-refractivity contribution >= 4 is 5.97 Å². The Kier molecular flexibility index (Phi) is 6.09. The first kappa shape index (κ1) is 15.4. The first-order valence-electron chi connectivity index (χ1n) is 7.06. The summed E-state index contributed by atoms with van der Waals surface area (Å²) in [6, 6.07) is 0. The average molecular weight is 257 g/mol. The summed E-state index contributed by atoms with van der Waals surface area (Å²) >= 11 is 0. The summed E-state index contributed by atoms with van der Waals surface area (Å²) in [5.41, 5.74) is -0.625. The molecule has 1 rings (SSSR count). The van der Waals surface area contributed by atoms with Gasteiger partial charge in [0.2, 0.25) is 0 Å². The van der Waals surface area contributed by atoms with Gasteiger partial charge in [0.25, 0.3) is 0 Å². The summed E-state index contributed by atoms with van der Waals surface area (Å²) in [6.45, 7) is 10.3. The van der Waals surface area contributed by atoms with Crippen molar-refractivity contribution in [3.8, 4) is 0 Å². The van der Waals surface area contributed by atoms with Crippen molar-refractivity contribution < 1.29 is 14.3 Å². The Labute approximate surface area is 110 Å². The van der Waals surface area contributed by atoms with Crippen LogP contribution in [0.15, 0.2) is 0 Å². The minimum atomic E-state index is -0.625. The van der Waals surface area contributed by atoms with E-state index in [9.17, 15) is 4.79 Å². The van der Waals surface area contributed by atoms with Gasteiger partial charge in [-0.1, -0.05) is 20.8 Å². The maximum absolute atomic E-state index is 12.2. The molecule has 1 saturated carbocycles. The van der Waals surface area contributed by atoms with Crippen LogP contribution >= 0.6 is 0 Å². The topological polar surface area (TPSA) is 47.6 Å². The average Bonchev–Trinajstić information content (AvgIpc) is 3.11. The monoisotopic (exact) mass is 257 g/mol. The van der Waals surface area contributed by atoms with Gasteiger partial charge in [-0.3, -0.25) is 5.32 Å². The number of likely N-dealkylation sites (N-methyl/N-ethyl adjacent to an activating group) is 1. The molecular formula is C14H27NO3. The summed E-state index contributed by atoms with van der Waals surface area (Å²) < 4.78 is 11.0. The second-order valence-electron chi connectivity index (χ2n) is 5.41. The van der Waals surface area contributed by atoms with Gasteiger partial charge in [0.05, 0.1) is 13.2 Å². The molecule has 4 nitrogen and oxygen atoms in total. The Morgan fingerprint density at radius 2 is 2.06 bits per heavy atom. The summed E-state index contributed by atoms with van der Waals surface area (Å²) in [5.74, 6) is 0.687. The largest absolute Gasteiger partial charge is 0.465 e. The molecule has 106 valence electrons. The number of ether oxygens (including phenoxy) is 2. The fraction of sp³-hybridized carbons (Fsp3) is 0.929. The van der Waals surface area contributed by atoms with Crippen molar-refractivity contribution in [1.29, 1.82) is 0 Å². The van der Waals surface area contributed by atoms with Gasteiger partial charge in [-0.15, -0.1) is 0 Å². The highest BCUT2D eigenvalue weighted by Gasteiger charge is 2.51. The molecule has 1 N–H and O–H groups in total. The van der Waals surface area contributed by atoms with Gasteiger partial charge in [-0.05, 0) is 38.1 Å². The quantitative estimate of drug-likeness (QED) is 0.642. The third-order valence-electron chi connectivity index (χ3n) is 3.19. The molecule has 4 heteroatoms.